The molecule has 1 heterocycles. The number of hydrogen-bond acceptors (Lipinski definition) is 4. The van der Waals surface area contributed by atoms with Crippen molar-refractivity contribution in [3.8, 4) is 0 Å². The molecule has 1 amide bonds. The van der Waals surface area contributed by atoms with Gasteiger partial charge in [0, 0.05) is 18.9 Å². The summed E-state index contributed by atoms with van der Waals surface area (Å²) in [4.78, 5) is 19.5. The second-order valence-electron chi connectivity index (χ2n) is 3.64. The number of carbonyl (C=O) groups is 1. The number of nitrogens with zero attached hydrogens (tertiary/aromatic N) is 2. The highest BCUT2D eigenvalue weighted by Gasteiger charge is 2.06. The van der Waals surface area contributed by atoms with Crippen molar-refractivity contribution >= 4 is 12.1 Å². The second-order valence-corrected chi connectivity index (χ2v) is 3.64. The molecule has 0 aliphatic carbocycles. The van der Waals surface area contributed by atoms with Crippen LogP contribution in [-0.4, -0.2) is 22.1 Å². The zero-order valence-corrected chi connectivity index (χ0v) is 9.63. The SMILES string of the molecule is N=Cc1ncc(C(=O)NCc2ccccc2)cn1. The lowest BCUT2D eigenvalue weighted by atomic mass is 10.2. The van der Waals surface area contributed by atoms with Crippen LogP contribution in [0.5, 0.6) is 0 Å². The molecule has 0 spiro atoms. The summed E-state index contributed by atoms with van der Waals surface area (Å²) in [6.07, 6.45) is 3.85. The van der Waals surface area contributed by atoms with Crippen LogP contribution in [-0.2, 0) is 6.54 Å². The molecule has 0 saturated heterocycles. The highest BCUT2D eigenvalue weighted by Crippen LogP contribution is 1.99. The third-order valence-corrected chi connectivity index (χ3v) is 2.36. The van der Waals surface area contributed by atoms with E-state index in [1.165, 1.54) is 12.4 Å². The molecule has 0 radical (unpaired) electrons. The van der Waals surface area contributed by atoms with Gasteiger partial charge in [-0.15, -0.1) is 0 Å². The molecule has 1 aromatic heterocycles. The van der Waals surface area contributed by atoms with Crippen molar-refractivity contribution in [1.82, 2.24) is 15.3 Å². The first-order chi connectivity index (χ1) is 8.79. The first kappa shape index (κ1) is 11.9. The largest absolute Gasteiger partial charge is 0.348 e. The van der Waals surface area contributed by atoms with E-state index in [0.717, 1.165) is 11.8 Å². The summed E-state index contributed by atoms with van der Waals surface area (Å²) in [5.41, 5.74) is 1.42. The van der Waals surface area contributed by atoms with Crippen LogP contribution in [0.15, 0.2) is 42.7 Å². The van der Waals surface area contributed by atoms with Crippen molar-refractivity contribution in [3.63, 3.8) is 0 Å². The Hall–Kier alpha value is -2.56. The number of rotatable bonds is 4. The first-order valence-electron chi connectivity index (χ1n) is 5.44. The molecule has 18 heavy (non-hydrogen) atoms. The summed E-state index contributed by atoms with van der Waals surface area (Å²) in [5.74, 6) is 0.0602. The quantitative estimate of drug-likeness (QED) is 0.793. The van der Waals surface area contributed by atoms with E-state index in [4.69, 9.17) is 5.41 Å². The summed E-state index contributed by atoms with van der Waals surface area (Å²) >= 11 is 0. The lowest BCUT2D eigenvalue weighted by molar-refractivity contribution is 0.0950. The molecule has 2 rings (SSSR count). The van der Waals surface area contributed by atoms with Crippen molar-refractivity contribution < 1.29 is 4.79 Å². The Labute approximate surface area is 104 Å². The molecule has 0 bridgehead atoms. The number of aromatic nitrogens is 2. The van der Waals surface area contributed by atoms with Crippen LogP contribution < -0.4 is 5.32 Å². The molecular weight excluding hydrogens is 228 g/mol. The molecule has 2 N–H and O–H groups in total. The van der Waals surface area contributed by atoms with E-state index >= 15 is 0 Å². The van der Waals surface area contributed by atoms with Gasteiger partial charge in [-0.05, 0) is 5.56 Å². The van der Waals surface area contributed by atoms with Crippen molar-refractivity contribution in [1.29, 1.82) is 5.41 Å². The summed E-state index contributed by atoms with van der Waals surface area (Å²) in [5, 5.41) is 9.74. The van der Waals surface area contributed by atoms with E-state index in [1.807, 2.05) is 30.3 Å². The van der Waals surface area contributed by atoms with Crippen LogP contribution in [0.2, 0.25) is 0 Å². The van der Waals surface area contributed by atoms with Crippen molar-refractivity contribution in [3.05, 3.63) is 59.7 Å². The Morgan fingerprint density at radius 3 is 2.50 bits per heavy atom. The maximum absolute atomic E-state index is 11.8. The van der Waals surface area contributed by atoms with Gasteiger partial charge in [-0.2, -0.15) is 0 Å². The van der Waals surface area contributed by atoms with E-state index in [-0.39, 0.29) is 11.7 Å². The van der Waals surface area contributed by atoms with Crippen LogP contribution in [0.25, 0.3) is 0 Å². The maximum atomic E-state index is 11.8. The number of benzene rings is 1. The number of hydrogen-bond donors (Lipinski definition) is 2. The molecular formula is C13H12N4O. The summed E-state index contributed by atoms with van der Waals surface area (Å²) in [6, 6.07) is 9.64. The van der Waals surface area contributed by atoms with E-state index < -0.39 is 0 Å². The van der Waals surface area contributed by atoms with Gasteiger partial charge in [-0.3, -0.25) is 4.79 Å². The first-order valence-corrected chi connectivity index (χ1v) is 5.44. The normalized spacial score (nSPS) is 9.78. The fraction of sp³-hybridized carbons (Fsp3) is 0.0769. The molecule has 5 nitrogen and oxygen atoms in total. The molecule has 0 saturated carbocycles. The van der Waals surface area contributed by atoms with E-state index in [0.29, 0.717) is 12.1 Å². The van der Waals surface area contributed by atoms with Crippen molar-refractivity contribution in [2.75, 3.05) is 0 Å². The fourth-order valence-corrected chi connectivity index (χ4v) is 1.41. The standard InChI is InChI=1S/C13H12N4O/c14-6-12-15-8-11(9-16-12)13(18)17-7-10-4-2-1-3-5-10/h1-6,8-9,14H,7H2,(H,17,18). The predicted octanol–water partition coefficient (Wildman–Crippen LogP) is 1.40. The van der Waals surface area contributed by atoms with E-state index in [1.54, 1.807) is 0 Å². The highest BCUT2D eigenvalue weighted by molar-refractivity contribution is 5.93. The van der Waals surface area contributed by atoms with Gasteiger partial charge in [-0.25, -0.2) is 9.97 Å². The number of carbonyl (C=O) groups excluding carboxylic acids is 1. The Morgan fingerprint density at radius 2 is 1.89 bits per heavy atom. The zero-order valence-electron chi connectivity index (χ0n) is 9.63. The number of nitrogens with one attached hydrogen (secondary N) is 2. The Balaban J connectivity index is 1.97. The minimum atomic E-state index is -0.226. The molecule has 0 atom stereocenters. The minimum absolute atomic E-state index is 0.226. The molecule has 1 aromatic carbocycles. The third-order valence-electron chi connectivity index (χ3n) is 2.36. The van der Waals surface area contributed by atoms with Gasteiger partial charge >= 0.3 is 0 Å². The Kier molecular flexibility index (Phi) is 3.76. The predicted molar refractivity (Wildman–Crippen MR) is 67.5 cm³/mol. The highest BCUT2D eigenvalue weighted by atomic mass is 16.1. The van der Waals surface area contributed by atoms with Gasteiger partial charge in [0.25, 0.3) is 5.91 Å². The van der Waals surface area contributed by atoms with Gasteiger partial charge in [0.05, 0.1) is 11.8 Å². The molecule has 2 aromatic rings. The van der Waals surface area contributed by atoms with Crippen LogP contribution >= 0.6 is 0 Å². The van der Waals surface area contributed by atoms with Gasteiger partial charge in [-0.1, -0.05) is 30.3 Å². The Bertz CT molecular complexity index is 537. The van der Waals surface area contributed by atoms with E-state index in [2.05, 4.69) is 15.3 Å². The fourth-order valence-electron chi connectivity index (χ4n) is 1.41. The molecule has 0 unspecified atom stereocenters. The summed E-state index contributed by atoms with van der Waals surface area (Å²) in [7, 11) is 0. The van der Waals surface area contributed by atoms with Gasteiger partial charge in [0.1, 0.15) is 0 Å². The molecule has 90 valence electrons. The van der Waals surface area contributed by atoms with Crippen LogP contribution in [0.3, 0.4) is 0 Å². The lowest BCUT2D eigenvalue weighted by Crippen LogP contribution is -2.23. The second kappa shape index (κ2) is 5.67. The van der Waals surface area contributed by atoms with Crippen molar-refractivity contribution in [2.24, 2.45) is 0 Å². The summed E-state index contributed by atoms with van der Waals surface area (Å²) < 4.78 is 0. The minimum Gasteiger partial charge on any atom is -0.348 e. The Morgan fingerprint density at radius 1 is 1.22 bits per heavy atom. The van der Waals surface area contributed by atoms with Crippen LogP contribution in [0.1, 0.15) is 21.7 Å². The molecule has 5 heteroatoms. The third kappa shape index (κ3) is 2.98. The monoisotopic (exact) mass is 240 g/mol. The summed E-state index contributed by atoms with van der Waals surface area (Å²) in [6.45, 7) is 0.464. The zero-order chi connectivity index (χ0) is 12.8. The topological polar surface area (TPSA) is 78.7 Å². The van der Waals surface area contributed by atoms with Crippen LogP contribution in [0.4, 0.5) is 0 Å². The average Bonchev–Trinajstić information content (AvgIpc) is 2.46. The van der Waals surface area contributed by atoms with E-state index in [9.17, 15) is 4.79 Å². The smallest absolute Gasteiger partial charge is 0.254 e. The maximum Gasteiger partial charge on any atom is 0.254 e. The van der Waals surface area contributed by atoms with Gasteiger partial charge < -0.3 is 10.7 Å². The molecule has 0 aliphatic heterocycles. The average molecular weight is 240 g/mol. The molecule has 0 fully saturated rings. The number of amides is 1. The van der Waals surface area contributed by atoms with Gasteiger partial charge in [0.2, 0.25) is 0 Å². The lowest BCUT2D eigenvalue weighted by Gasteiger charge is -2.04. The molecule has 0 aliphatic rings. The van der Waals surface area contributed by atoms with Crippen LogP contribution in [0, 0.1) is 5.41 Å². The van der Waals surface area contributed by atoms with Gasteiger partial charge in [0.15, 0.2) is 5.82 Å². The van der Waals surface area contributed by atoms with Crippen molar-refractivity contribution in [2.45, 2.75) is 6.54 Å².